The van der Waals surface area contributed by atoms with Crippen molar-refractivity contribution < 1.29 is 19.1 Å². The SMILES string of the molecule is CC(CCc1ccco1)NC(=O)C1CCCCC1C(=O)O. The molecule has 1 aliphatic rings. The van der Waals surface area contributed by atoms with Crippen LogP contribution in [0, 0.1) is 11.8 Å². The van der Waals surface area contributed by atoms with Gasteiger partial charge < -0.3 is 14.8 Å². The van der Waals surface area contributed by atoms with Crippen molar-refractivity contribution in [1.82, 2.24) is 5.32 Å². The smallest absolute Gasteiger partial charge is 0.307 e. The fourth-order valence-electron chi connectivity index (χ4n) is 2.98. The van der Waals surface area contributed by atoms with Crippen LogP contribution in [0.5, 0.6) is 0 Å². The Balaban J connectivity index is 1.82. The van der Waals surface area contributed by atoms with Crippen LogP contribution in [0.15, 0.2) is 22.8 Å². The molecule has 0 aliphatic heterocycles. The molecule has 1 heterocycles. The lowest BCUT2D eigenvalue weighted by Crippen LogP contribution is -2.43. The summed E-state index contributed by atoms with van der Waals surface area (Å²) in [6.45, 7) is 1.94. The van der Waals surface area contributed by atoms with Crippen molar-refractivity contribution >= 4 is 11.9 Å². The molecule has 0 radical (unpaired) electrons. The molecule has 3 unspecified atom stereocenters. The number of hydrogen-bond donors (Lipinski definition) is 2. The van der Waals surface area contributed by atoms with Gasteiger partial charge in [0.2, 0.25) is 5.91 Å². The molecule has 1 amide bonds. The van der Waals surface area contributed by atoms with Gasteiger partial charge in [-0.1, -0.05) is 12.8 Å². The van der Waals surface area contributed by atoms with E-state index in [1.807, 2.05) is 19.1 Å². The van der Waals surface area contributed by atoms with Crippen LogP contribution in [0.25, 0.3) is 0 Å². The zero-order valence-corrected chi connectivity index (χ0v) is 12.4. The summed E-state index contributed by atoms with van der Waals surface area (Å²) in [7, 11) is 0. The van der Waals surface area contributed by atoms with Crippen molar-refractivity contribution in [1.29, 1.82) is 0 Å². The third-order valence-electron chi connectivity index (χ3n) is 4.21. The summed E-state index contributed by atoms with van der Waals surface area (Å²) in [6, 6.07) is 3.77. The predicted octanol–water partition coefficient (Wildman–Crippen LogP) is 2.61. The normalized spacial score (nSPS) is 23.5. The number of carboxylic acids is 1. The number of aryl methyl sites for hydroxylation is 1. The third-order valence-corrected chi connectivity index (χ3v) is 4.21. The monoisotopic (exact) mass is 293 g/mol. The molecule has 1 fully saturated rings. The fraction of sp³-hybridized carbons (Fsp3) is 0.625. The summed E-state index contributed by atoms with van der Waals surface area (Å²) < 4.78 is 5.26. The second-order valence-corrected chi connectivity index (χ2v) is 5.86. The van der Waals surface area contributed by atoms with E-state index in [1.54, 1.807) is 6.26 Å². The van der Waals surface area contributed by atoms with Crippen LogP contribution in [0.4, 0.5) is 0 Å². The van der Waals surface area contributed by atoms with Gasteiger partial charge in [0.25, 0.3) is 0 Å². The molecule has 1 aromatic rings. The van der Waals surface area contributed by atoms with E-state index in [0.717, 1.165) is 31.4 Å². The highest BCUT2D eigenvalue weighted by Crippen LogP contribution is 2.30. The van der Waals surface area contributed by atoms with E-state index in [9.17, 15) is 14.7 Å². The first-order valence-corrected chi connectivity index (χ1v) is 7.63. The van der Waals surface area contributed by atoms with Gasteiger partial charge in [0.1, 0.15) is 5.76 Å². The summed E-state index contributed by atoms with van der Waals surface area (Å²) in [5.41, 5.74) is 0. The standard InChI is InChI=1S/C16H23NO4/c1-11(8-9-12-5-4-10-21-12)17-15(18)13-6-2-3-7-14(13)16(19)20/h4-5,10-11,13-14H,2-3,6-9H2,1H3,(H,17,18)(H,19,20). The number of carboxylic acid groups (broad SMARTS) is 1. The highest BCUT2D eigenvalue weighted by molar-refractivity contribution is 5.85. The molecule has 2 rings (SSSR count). The van der Waals surface area contributed by atoms with Crippen LogP contribution < -0.4 is 5.32 Å². The molecule has 3 atom stereocenters. The Morgan fingerprint density at radius 3 is 2.71 bits per heavy atom. The van der Waals surface area contributed by atoms with E-state index in [2.05, 4.69) is 5.32 Å². The molecule has 1 aromatic heterocycles. The van der Waals surface area contributed by atoms with Gasteiger partial charge in [-0.3, -0.25) is 9.59 Å². The Kier molecular flexibility index (Phi) is 5.42. The topological polar surface area (TPSA) is 79.5 Å². The van der Waals surface area contributed by atoms with E-state index in [-0.39, 0.29) is 17.9 Å². The van der Waals surface area contributed by atoms with E-state index >= 15 is 0 Å². The van der Waals surface area contributed by atoms with E-state index in [0.29, 0.717) is 12.8 Å². The van der Waals surface area contributed by atoms with Crippen LogP contribution in [-0.2, 0) is 16.0 Å². The van der Waals surface area contributed by atoms with Crippen LogP contribution in [-0.4, -0.2) is 23.0 Å². The Morgan fingerprint density at radius 2 is 2.10 bits per heavy atom. The number of nitrogens with one attached hydrogen (secondary N) is 1. The average molecular weight is 293 g/mol. The first-order valence-electron chi connectivity index (χ1n) is 7.63. The molecule has 0 bridgehead atoms. The van der Waals surface area contributed by atoms with Gasteiger partial charge in [-0.2, -0.15) is 0 Å². The summed E-state index contributed by atoms with van der Waals surface area (Å²) in [5.74, 6) is -0.984. The van der Waals surface area contributed by atoms with Crippen LogP contribution in [0.3, 0.4) is 0 Å². The largest absolute Gasteiger partial charge is 0.481 e. The Bertz CT molecular complexity index is 469. The first-order chi connectivity index (χ1) is 10.1. The lowest BCUT2D eigenvalue weighted by atomic mass is 9.78. The molecule has 0 aromatic carbocycles. The number of amides is 1. The van der Waals surface area contributed by atoms with Crippen molar-refractivity contribution in [2.24, 2.45) is 11.8 Å². The second kappa shape index (κ2) is 7.29. The van der Waals surface area contributed by atoms with Crippen LogP contribution in [0.1, 0.15) is 44.8 Å². The predicted molar refractivity (Wildman–Crippen MR) is 77.7 cm³/mol. The Hall–Kier alpha value is -1.78. The minimum atomic E-state index is -0.849. The van der Waals surface area contributed by atoms with Crippen LogP contribution in [0.2, 0.25) is 0 Å². The molecular weight excluding hydrogens is 270 g/mol. The molecule has 21 heavy (non-hydrogen) atoms. The van der Waals surface area contributed by atoms with Gasteiger partial charge >= 0.3 is 5.97 Å². The summed E-state index contributed by atoms with van der Waals surface area (Å²) >= 11 is 0. The van der Waals surface area contributed by atoms with Crippen molar-refractivity contribution in [3.63, 3.8) is 0 Å². The van der Waals surface area contributed by atoms with Crippen molar-refractivity contribution in [2.45, 2.75) is 51.5 Å². The van der Waals surface area contributed by atoms with E-state index in [1.165, 1.54) is 0 Å². The highest BCUT2D eigenvalue weighted by atomic mass is 16.4. The number of rotatable bonds is 6. The van der Waals surface area contributed by atoms with Gasteiger partial charge in [0.15, 0.2) is 0 Å². The maximum Gasteiger partial charge on any atom is 0.307 e. The molecule has 2 N–H and O–H groups in total. The molecule has 0 saturated heterocycles. The minimum absolute atomic E-state index is 0.0129. The van der Waals surface area contributed by atoms with Gasteiger partial charge in [0.05, 0.1) is 18.1 Å². The number of carbonyl (C=O) groups is 2. The average Bonchev–Trinajstić information content (AvgIpc) is 2.98. The van der Waals surface area contributed by atoms with Crippen molar-refractivity contribution in [3.05, 3.63) is 24.2 Å². The quantitative estimate of drug-likeness (QED) is 0.845. The van der Waals surface area contributed by atoms with E-state index < -0.39 is 11.9 Å². The first kappa shape index (κ1) is 15.6. The molecule has 116 valence electrons. The molecule has 0 spiro atoms. The lowest BCUT2D eigenvalue weighted by molar-refractivity contribution is -0.149. The molecule has 5 nitrogen and oxygen atoms in total. The summed E-state index contributed by atoms with van der Waals surface area (Å²) in [6.07, 6.45) is 6.29. The van der Waals surface area contributed by atoms with Gasteiger partial charge in [-0.15, -0.1) is 0 Å². The van der Waals surface area contributed by atoms with E-state index in [4.69, 9.17) is 4.42 Å². The lowest BCUT2D eigenvalue weighted by Gasteiger charge is -2.28. The fourth-order valence-corrected chi connectivity index (χ4v) is 2.98. The molecule has 1 aliphatic carbocycles. The second-order valence-electron chi connectivity index (χ2n) is 5.86. The minimum Gasteiger partial charge on any atom is -0.481 e. The third kappa shape index (κ3) is 4.34. The van der Waals surface area contributed by atoms with Gasteiger partial charge in [-0.25, -0.2) is 0 Å². The Morgan fingerprint density at radius 1 is 1.38 bits per heavy atom. The maximum atomic E-state index is 12.3. The molecular formula is C16H23NO4. The number of hydrogen-bond acceptors (Lipinski definition) is 3. The zero-order valence-electron chi connectivity index (χ0n) is 12.4. The van der Waals surface area contributed by atoms with Crippen molar-refractivity contribution in [3.8, 4) is 0 Å². The summed E-state index contributed by atoms with van der Waals surface area (Å²) in [5, 5.41) is 12.2. The zero-order chi connectivity index (χ0) is 15.2. The van der Waals surface area contributed by atoms with Crippen LogP contribution >= 0.6 is 0 Å². The number of carbonyl (C=O) groups excluding carboxylic acids is 1. The maximum absolute atomic E-state index is 12.3. The van der Waals surface area contributed by atoms with Crippen molar-refractivity contribution in [2.75, 3.05) is 0 Å². The number of aliphatic carboxylic acids is 1. The summed E-state index contributed by atoms with van der Waals surface area (Å²) in [4.78, 5) is 23.5. The van der Waals surface area contributed by atoms with Gasteiger partial charge in [0, 0.05) is 12.5 Å². The number of furan rings is 1. The Labute approximate surface area is 124 Å². The van der Waals surface area contributed by atoms with Gasteiger partial charge in [-0.05, 0) is 38.3 Å². The highest BCUT2D eigenvalue weighted by Gasteiger charge is 2.35. The molecule has 5 heteroatoms. The molecule has 1 saturated carbocycles.